The third-order valence-electron chi connectivity index (χ3n) is 3.47. The molecule has 112 valence electrons. The number of aliphatic hydroxyl groups excluding tert-OH is 1. The molecule has 3 rings (SSSR count). The van der Waals surface area contributed by atoms with Crippen LogP contribution in [0.4, 0.5) is 0 Å². The van der Waals surface area contributed by atoms with Crippen molar-refractivity contribution >= 4 is 5.70 Å². The SMILES string of the molecule is CC1(/C(O)=C(/Cc2ccco2)n2cncn2)COCOC1. The van der Waals surface area contributed by atoms with E-state index in [1.165, 1.54) is 11.0 Å². The van der Waals surface area contributed by atoms with E-state index >= 15 is 0 Å². The van der Waals surface area contributed by atoms with Crippen molar-refractivity contribution < 1.29 is 19.0 Å². The molecule has 0 aromatic carbocycles. The summed E-state index contributed by atoms with van der Waals surface area (Å²) >= 11 is 0. The second-order valence-corrected chi connectivity index (χ2v) is 5.27. The Kier molecular flexibility index (Phi) is 3.76. The lowest BCUT2D eigenvalue weighted by molar-refractivity contribution is -0.155. The number of hydrogen-bond acceptors (Lipinski definition) is 6. The first-order chi connectivity index (χ1) is 10.2. The van der Waals surface area contributed by atoms with Gasteiger partial charge >= 0.3 is 0 Å². The summed E-state index contributed by atoms with van der Waals surface area (Å²) in [7, 11) is 0. The number of aromatic nitrogens is 3. The molecule has 0 saturated carbocycles. The molecule has 1 N–H and O–H groups in total. The van der Waals surface area contributed by atoms with Crippen LogP contribution in [0.3, 0.4) is 0 Å². The summed E-state index contributed by atoms with van der Waals surface area (Å²) in [6, 6.07) is 3.65. The van der Waals surface area contributed by atoms with Crippen LogP contribution >= 0.6 is 0 Å². The van der Waals surface area contributed by atoms with Gasteiger partial charge in [-0.05, 0) is 19.1 Å². The highest BCUT2D eigenvalue weighted by atomic mass is 16.7. The topological polar surface area (TPSA) is 82.5 Å². The van der Waals surface area contributed by atoms with Gasteiger partial charge in [0.2, 0.25) is 0 Å². The lowest BCUT2D eigenvalue weighted by Gasteiger charge is -2.33. The van der Waals surface area contributed by atoms with Crippen LogP contribution in [-0.2, 0) is 15.9 Å². The molecule has 0 unspecified atom stereocenters. The van der Waals surface area contributed by atoms with Crippen molar-refractivity contribution in [1.82, 2.24) is 14.8 Å². The lowest BCUT2D eigenvalue weighted by Crippen LogP contribution is -2.37. The van der Waals surface area contributed by atoms with Crippen LogP contribution in [0, 0.1) is 5.41 Å². The van der Waals surface area contributed by atoms with E-state index in [0.29, 0.717) is 25.3 Å². The fraction of sp³-hybridized carbons (Fsp3) is 0.429. The molecule has 0 aliphatic carbocycles. The summed E-state index contributed by atoms with van der Waals surface area (Å²) in [4.78, 5) is 3.94. The van der Waals surface area contributed by atoms with E-state index in [1.54, 1.807) is 18.7 Å². The number of hydrogen-bond donors (Lipinski definition) is 1. The van der Waals surface area contributed by atoms with E-state index in [9.17, 15) is 5.11 Å². The fourth-order valence-corrected chi connectivity index (χ4v) is 2.32. The molecule has 0 atom stereocenters. The lowest BCUT2D eigenvalue weighted by atomic mass is 9.88. The molecule has 7 heteroatoms. The minimum atomic E-state index is -0.619. The Morgan fingerprint density at radius 1 is 1.43 bits per heavy atom. The first kappa shape index (κ1) is 13.8. The zero-order valence-corrected chi connectivity index (χ0v) is 11.7. The van der Waals surface area contributed by atoms with Crippen LogP contribution in [0.15, 0.2) is 41.2 Å². The Morgan fingerprint density at radius 2 is 2.24 bits per heavy atom. The smallest absolute Gasteiger partial charge is 0.146 e. The molecule has 0 amide bonds. The third kappa shape index (κ3) is 2.84. The monoisotopic (exact) mass is 291 g/mol. The molecule has 1 aliphatic heterocycles. The maximum absolute atomic E-state index is 10.8. The van der Waals surface area contributed by atoms with Gasteiger partial charge in [-0.2, -0.15) is 5.10 Å². The van der Waals surface area contributed by atoms with E-state index in [1.807, 2.05) is 13.0 Å². The van der Waals surface area contributed by atoms with Crippen molar-refractivity contribution in [2.75, 3.05) is 20.0 Å². The predicted octanol–water partition coefficient (Wildman–Crippen LogP) is 1.85. The molecule has 1 saturated heterocycles. The van der Waals surface area contributed by atoms with Crippen molar-refractivity contribution in [2.45, 2.75) is 13.3 Å². The maximum atomic E-state index is 10.8. The van der Waals surface area contributed by atoms with Gasteiger partial charge in [-0.1, -0.05) is 0 Å². The van der Waals surface area contributed by atoms with E-state index in [-0.39, 0.29) is 12.6 Å². The average molecular weight is 291 g/mol. The molecular formula is C14H17N3O4. The molecule has 21 heavy (non-hydrogen) atoms. The molecule has 7 nitrogen and oxygen atoms in total. The fourth-order valence-electron chi connectivity index (χ4n) is 2.32. The van der Waals surface area contributed by atoms with Gasteiger partial charge in [0.05, 0.1) is 37.0 Å². The van der Waals surface area contributed by atoms with Gasteiger partial charge < -0.3 is 19.0 Å². The molecule has 1 aliphatic rings. The summed E-state index contributed by atoms with van der Waals surface area (Å²) in [6.45, 7) is 2.91. The van der Waals surface area contributed by atoms with Crippen molar-refractivity contribution in [3.05, 3.63) is 42.6 Å². The molecular weight excluding hydrogens is 274 g/mol. The van der Waals surface area contributed by atoms with Gasteiger partial charge in [0.15, 0.2) is 0 Å². The van der Waals surface area contributed by atoms with Crippen LogP contribution in [0.5, 0.6) is 0 Å². The van der Waals surface area contributed by atoms with Gasteiger partial charge in [-0.15, -0.1) is 0 Å². The first-order valence-corrected chi connectivity index (χ1v) is 6.64. The van der Waals surface area contributed by atoms with Crippen molar-refractivity contribution in [3.8, 4) is 0 Å². The van der Waals surface area contributed by atoms with Crippen LogP contribution in [-0.4, -0.2) is 39.9 Å². The zero-order valence-electron chi connectivity index (χ0n) is 11.7. The molecule has 0 radical (unpaired) electrons. The van der Waals surface area contributed by atoms with Gasteiger partial charge in [0, 0.05) is 0 Å². The van der Waals surface area contributed by atoms with Crippen molar-refractivity contribution in [2.24, 2.45) is 5.41 Å². The molecule has 2 aromatic heterocycles. The standard InChI is InChI=1S/C14H17N3O4/c1-14(6-19-10-20-7-14)13(18)12(17-9-15-8-16-17)5-11-3-2-4-21-11/h2-4,8-9,18H,5-7,10H2,1H3/b13-12+. The van der Waals surface area contributed by atoms with Crippen molar-refractivity contribution in [3.63, 3.8) is 0 Å². The van der Waals surface area contributed by atoms with E-state index in [2.05, 4.69) is 10.1 Å². The maximum Gasteiger partial charge on any atom is 0.146 e. The van der Waals surface area contributed by atoms with Gasteiger partial charge in [0.25, 0.3) is 0 Å². The summed E-state index contributed by atoms with van der Waals surface area (Å²) in [6.07, 6.45) is 4.96. The Bertz CT molecular complexity index is 598. The third-order valence-corrected chi connectivity index (χ3v) is 3.47. The second kappa shape index (κ2) is 5.71. The first-order valence-electron chi connectivity index (χ1n) is 6.64. The van der Waals surface area contributed by atoms with Crippen LogP contribution in [0.25, 0.3) is 5.70 Å². The van der Waals surface area contributed by atoms with E-state index in [4.69, 9.17) is 13.9 Å². The normalized spacial score (nSPS) is 19.3. The minimum Gasteiger partial charge on any atom is -0.510 e. The summed E-state index contributed by atoms with van der Waals surface area (Å²) < 4.78 is 17.6. The Hall–Kier alpha value is -2.12. The Labute approximate surface area is 121 Å². The number of rotatable bonds is 4. The van der Waals surface area contributed by atoms with Crippen LogP contribution < -0.4 is 0 Å². The molecule has 3 heterocycles. The number of furan rings is 1. The molecule has 0 bridgehead atoms. The number of ether oxygens (including phenoxy) is 2. The van der Waals surface area contributed by atoms with E-state index in [0.717, 1.165) is 5.76 Å². The van der Waals surface area contributed by atoms with Crippen molar-refractivity contribution in [1.29, 1.82) is 0 Å². The number of nitrogens with zero attached hydrogens (tertiary/aromatic N) is 3. The summed E-state index contributed by atoms with van der Waals surface area (Å²) in [5.41, 5.74) is -0.0226. The highest BCUT2D eigenvalue weighted by Gasteiger charge is 2.36. The summed E-state index contributed by atoms with van der Waals surface area (Å²) in [5.74, 6) is 0.900. The quantitative estimate of drug-likeness (QED) is 0.866. The summed E-state index contributed by atoms with van der Waals surface area (Å²) in [5, 5.41) is 14.9. The highest BCUT2D eigenvalue weighted by Crippen LogP contribution is 2.33. The highest BCUT2D eigenvalue weighted by molar-refractivity contribution is 5.51. The Balaban J connectivity index is 1.98. The second-order valence-electron chi connectivity index (χ2n) is 5.27. The van der Waals surface area contributed by atoms with Gasteiger partial charge in [0.1, 0.15) is 31.0 Å². The molecule has 1 fully saturated rings. The largest absolute Gasteiger partial charge is 0.510 e. The zero-order chi connectivity index (χ0) is 14.7. The van der Waals surface area contributed by atoms with Gasteiger partial charge in [-0.25, -0.2) is 9.67 Å². The predicted molar refractivity (Wildman–Crippen MR) is 73.2 cm³/mol. The minimum absolute atomic E-state index is 0.170. The number of allylic oxidation sites excluding steroid dienone is 1. The number of aliphatic hydroxyl groups is 1. The molecule has 2 aromatic rings. The van der Waals surface area contributed by atoms with Gasteiger partial charge in [-0.3, -0.25) is 0 Å². The van der Waals surface area contributed by atoms with E-state index < -0.39 is 5.41 Å². The Morgan fingerprint density at radius 3 is 2.86 bits per heavy atom. The average Bonchev–Trinajstić information content (AvgIpc) is 3.18. The van der Waals surface area contributed by atoms with Crippen LogP contribution in [0.2, 0.25) is 0 Å². The molecule has 0 spiro atoms. The van der Waals surface area contributed by atoms with Crippen LogP contribution in [0.1, 0.15) is 12.7 Å².